The van der Waals surface area contributed by atoms with Crippen LogP contribution < -0.4 is 10.2 Å². The lowest BCUT2D eigenvalue weighted by atomic mass is 10.2. The fraction of sp³-hybridized carbons (Fsp3) is 0.462. The number of benzene rings is 1. The van der Waals surface area contributed by atoms with E-state index in [2.05, 4.69) is 5.32 Å². The Kier molecular flexibility index (Phi) is 3.61. The van der Waals surface area contributed by atoms with Gasteiger partial charge in [0.2, 0.25) is 0 Å². The zero-order valence-corrected chi connectivity index (χ0v) is 9.95. The highest BCUT2D eigenvalue weighted by Crippen LogP contribution is 2.19. The number of amides is 2. The van der Waals surface area contributed by atoms with Crippen LogP contribution >= 0.6 is 0 Å². The molecule has 1 saturated carbocycles. The lowest BCUT2D eigenvalue weighted by Gasteiger charge is -2.21. The summed E-state index contributed by atoms with van der Waals surface area (Å²) in [5.41, 5.74) is 0.696. The molecule has 1 aliphatic rings. The van der Waals surface area contributed by atoms with E-state index in [1.54, 1.807) is 19.2 Å². The Bertz CT molecular complexity index is 385. The van der Waals surface area contributed by atoms with Crippen LogP contribution in [0.25, 0.3) is 0 Å². The van der Waals surface area contributed by atoms with Crippen LogP contribution in [0, 0.1) is 5.82 Å². The Morgan fingerprint density at radius 2 is 1.88 bits per heavy atom. The molecule has 4 heteroatoms. The van der Waals surface area contributed by atoms with Crippen molar-refractivity contribution in [3.63, 3.8) is 0 Å². The Hall–Kier alpha value is -1.58. The van der Waals surface area contributed by atoms with Gasteiger partial charge >= 0.3 is 6.03 Å². The lowest BCUT2D eigenvalue weighted by molar-refractivity contribution is 0.244. The molecule has 0 aliphatic heterocycles. The van der Waals surface area contributed by atoms with Gasteiger partial charge in [0, 0.05) is 18.8 Å². The monoisotopic (exact) mass is 236 g/mol. The molecule has 2 amide bonds. The van der Waals surface area contributed by atoms with E-state index in [0.717, 1.165) is 12.8 Å². The molecule has 1 aromatic rings. The second kappa shape index (κ2) is 5.17. The number of urea groups is 1. The van der Waals surface area contributed by atoms with E-state index >= 15 is 0 Å². The van der Waals surface area contributed by atoms with Gasteiger partial charge < -0.3 is 5.32 Å². The Labute approximate surface area is 101 Å². The quantitative estimate of drug-likeness (QED) is 0.841. The number of halogens is 1. The number of anilines is 1. The first-order valence-electron chi connectivity index (χ1n) is 5.96. The molecule has 1 aliphatic carbocycles. The topological polar surface area (TPSA) is 32.3 Å². The molecule has 0 atom stereocenters. The summed E-state index contributed by atoms with van der Waals surface area (Å²) >= 11 is 0. The van der Waals surface area contributed by atoms with E-state index in [1.165, 1.54) is 29.9 Å². The van der Waals surface area contributed by atoms with Crippen molar-refractivity contribution in [1.29, 1.82) is 0 Å². The number of nitrogens with one attached hydrogen (secondary N) is 1. The normalized spacial score (nSPS) is 15.9. The van der Waals surface area contributed by atoms with Gasteiger partial charge in [-0.2, -0.15) is 0 Å². The van der Waals surface area contributed by atoms with Crippen molar-refractivity contribution >= 4 is 11.7 Å². The summed E-state index contributed by atoms with van der Waals surface area (Å²) in [7, 11) is 1.69. The van der Waals surface area contributed by atoms with Gasteiger partial charge in [0.25, 0.3) is 0 Å². The second-order valence-electron chi connectivity index (χ2n) is 4.47. The zero-order chi connectivity index (χ0) is 12.3. The third-order valence-electron chi connectivity index (χ3n) is 3.20. The molecule has 0 aromatic heterocycles. The minimum absolute atomic E-state index is 0.122. The van der Waals surface area contributed by atoms with Crippen LogP contribution in [0.15, 0.2) is 24.3 Å². The highest BCUT2D eigenvalue weighted by molar-refractivity contribution is 5.91. The smallest absolute Gasteiger partial charge is 0.321 e. The molecule has 0 radical (unpaired) electrons. The van der Waals surface area contributed by atoms with Crippen molar-refractivity contribution in [1.82, 2.24) is 5.32 Å². The van der Waals surface area contributed by atoms with Crippen molar-refractivity contribution in [3.8, 4) is 0 Å². The minimum atomic E-state index is -0.293. The summed E-state index contributed by atoms with van der Waals surface area (Å²) in [5.74, 6) is -0.293. The second-order valence-corrected chi connectivity index (χ2v) is 4.47. The average molecular weight is 236 g/mol. The van der Waals surface area contributed by atoms with Gasteiger partial charge in [0.1, 0.15) is 5.82 Å². The van der Waals surface area contributed by atoms with E-state index in [1.807, 2.05) is 0 Å². The van der Waals surface area contributed by atoms with E-state index < -0.39 is 0 Å². The van der Waals surface area contributed by atoms with Crippen molar-refractivity contribution in [2.45, 2.75) is 31.7 Å². The van der Waals surface area contributed by atoms with E-state index in [0.29, 0.717) is 11.7 Å². The highest BCUT2D eigenvalue weighted by Gasteiger charge is 2.19. The third-order valence-corrected chi connectivity index (χ3v) is 3.20. The molecule has 1 aromatic carbocycles. The number of rotatable bonds is 2. The van der Waals surface area contributed by atoms with Gasteiger partial charge in [0.15, 0.2) is 0 Å². The summed E-state index contributed by atoms with van der Waals surface area (Å²) in [5, 5.41) is 2.98. The first-order valence-corrected chi connectivity index (χ1v) is 5.96. The first kappa shape index (κ1) is 11.9. The molecule has 92 valence electrons. The standard InChI is InChI=1S/C13H17FN2O/c1-16(12-8-6-10(14)7-9-12)13(17)15-11-4-2-3-5-11/h6-9,11H,2-5H2,1H3,(H,15,17). The Balaban J connectivity index is 1.96. The van der Waals surface area contributed by atoms with Gasteiger partial charge in [-0.1, -0.05) is 12.8 Å². The number of carbonyl (C=O) groups is 1. The maximum Gasteiger partial charge on any atom is 0.321 e. The highest BCUT2D eigenvalue weighted by atomic mass is 19.1. The molecule has 0 unspecified atom stereocenters. The fourth-order valence-electron chi connectivity index (χ4n) is 2.12. The molecule has 0 spiro atoms. The predicted octanol–water partition coefficient (Wildman–Crippen LogP) is 2.91. The fourth-order valence-corrected chi connectivity index (χ4v) is 2.12. The van der Waals surface area contributed by atoms with Gasteiger partial charge in [0.05, 0.1) is 0 Å². The van der Waals surface area contributed by atoms with E-state index in [-0.39, 0.29) is 11.8 Å². The molecule has 0 heterocycles. The van der Waals surface area contributed by atoms with Gasteiger partial charge in [-0.3, -0.25) is 4.90 Å². The third kappa shape index (κ3) is 2.96. The largest absolute Gasteiger partial charge is 0.335 e. The van der Waals surface area contributed by atoms with Crippen molar-refractivity contribution in [2.24, 2.45) is 0 Å². The molecule has 3 nitrogen and oxygen atoms in total. The van der Waals surface area contributed by atoms with Crippen LogP contribution in [0.5, 0.6) is 0 Å². The lowest BCUT2D eigenvalue weighted by Crippen LogP contribution is -2.42. The van der Waals surface area contributed by atoms with Gasteiger partial charge in [-0.05, 0) is 37.1 Å². The Morgan fingerprint density at radius 1 is 1.29 bits per heavy atom. The Morgan fingerprint density at radius 3 is 2.47 bits per heavy atom. The molecule has 17 heavy (non-hydrogen) atoms. The van der Waals surface area contributed by atoms with Crippen molar-refractivity contribution < 1.29 is 9.18 Å². The molecular weight excluding hydrogens is 219 g/mol. The number of hydrogen-bond acceptors (Lipinski definition) is 1. The summed E-state index contributed by atoms with van der Waals surface area (Å²) in [6, 6.07) is 6.09. The molecule has 0 saturated heterocycles. The van der Waals surface area contributed by atoms with Crippen molar-refractivity contribution in [3.05, 3.63) is 30.1 Å². The van der Waals surface area contributed by atoms with Crippen LogP contribution in [0.4, 0.5) is 14.9 Å². The zero-order valence-electron chi connectivity index (χ0n) is 9.95. The van der Waals surface area contributed by atoms with Crippen molar-refractivity contribution in [2.75, 3.05) is 11.9 Å². The number of nitrogens with zero attached hydrogens (tertiary/aromatic N) is 1. The summed E-state index contributed by atoms with van der Waals surface area (Å²) in [6.45, 7) is 0. The predicted molar refractivity (Wildman–Crippen MR) is 65.6 cm³/mol. The summed E-state index contributed by atoms with van der Waals surface area (Å²) < 4.78 is 12.8. The summed E-state index contributed by atoms with van der Waals surface area (Å²) in [6.07, 6.45) is 4.49. The minimum Gasteiger partial charge on any atom is -0.335 e. The summed E-state index contributed by atoms with van der Waals surface area (Å²) in [4.78, 5) is 13.4. The van der Waals surface area contributed by atoms with Crippen LogP contribution in [0.1, 0.15) is 25.7 Å². The molecule has 0 bridgehead atoms. The molecule has 1 N–H and O–H groups in total. The average Bonchev–Trinajstić information content (AvgIpc) is 2.82. The van der Waals surface area contributed by atoms with Crippen LogP contribution in [0.2, 0.25) is 0 Å². The van der Waals surface area contributed by atoms with E-state index in [9.17, 15) is 9.18 Å². The first-order chi connectivity index (χ1) is 8.16. The SMILES string of the molecule is CN(C(=O)NC1CCCC1)c1ccc(F)cc1. The van der Waals surface area contributed by atoms with Crippen LogP contribution in [-0.4, -0.2) is 19.1 Å². The van der Waals surface area contributed by atoms with Crippen LogP contribution in [0.3, 0.4) is 0 Å². The number of carbonyl (C=O) groups excluding carboxylic acids is 1. The van der Waals surface area contributed by atoms with E-state index in [4.69, 9.17) is 0 Å². The maximum atomic E-state index is 12.8. The molecular formula is C13H17FN2O. The molecule has 2 rings (SSSR count). The number of hydrogen-bond donors (Lipinski definition) is 1. The van der Waals surface area contributed by atoms with Crippen LogP contribution in [-0.2, 0) is 0 Å². The van der Waals surface area contributed by atoms with Gasteiger partial charge in [-0.25, -0.2) is 9.18 Å². The van der Waals surface area contributed by atoms with Gasteiger partial charge in [-0.15, -0.1) is 0 Å². The molecule has 1 fully saturated rings. The maximum absolute atomic E-state index is 12.8.